The van der Waals surface area contributed by atoms with Crippen molar-refractivity contribution >= 4 is 12.0 Å². The minimum atomic E-state index is 0.109. The predicted molar refractivity (Wildman–Crippen MR) is 129 cm³/mol. The fourth-order valence-corrected chi connectivity index (χ4v) is 5.14. The number of ether oxygens (including phenoxy) is 2. The van der Waals surface area contributed by atoms with Gasteiger partial charge in [-0.2, -0.15) is 0 Å². The number of fused-ring (bicyclic) bond motifs is 1. The Kier molecular flexibility index (Phi) is 5.95. The van der Waals surface area contributed by atoms with Gasteiger partial charge in [-0.05, 0) is 54.3 Å². The fraction of sp³-hybridized carbons (Fsp3) is 0.321. The molecule has 2 aliphatic rings. The molecule has 0 aromatic heterocycles. The van der Waals surface area contributed by atoms with Crippen LogP contribution >= 0.6 is 0 Å². The molecule has 0 aliphatic carbocycles. The van der Waals surface area contributed by atoms with Gasteiger partial charge in [0.1, 0.15) is 23.5 Å². The van der Waals surface area contributed by atoms with E-state index in [2.05, 4.69) is 41.3 Å². The Hall–Kier alpha value is -3.47. The van der Waals surface area contributed by atoms with Gasteiger partial charge in [-0.15, -0.1) is 0 Å². The molecule has 0 saturated carbocycles. The average molecular weight is 444 g/mol. The van der Waals surface area contributed by atoms with Crippen LogP contribution in [0.4, 0.5) is 5.69 Å². The molecule has 3 aromatic rings. The number of methoxy groups -OCH3 is 1. The standard InChI is InChI=1S/C28H29NO4/c1-32-24-9-4-20(5-10-24)26-18-33-27-16-23(31)8-11-25(27)28(26)21-2-6-22(7-3-21)29-14-12-19(17-30)13-15-29/h2-11,16-17,19,26,28,31H,12-15,18H2,1H3/t26-,28-/m1/s1. The zero-order valence-electron chi connectivity index (χ0n) is 18.8. The molecule has 170 valence electrons. The number of phenolic OH excluding ortho intramolecular Hbond substituents is 1. The maximum atomic E-state index is 11.1. The Bertz CT molecular complexity index is 1100. The van der Waals surface area contributed by atoms with E-state index in [1.165, 1.54) is 16.8 Å². The number of aromatic hydroxyl groups is 1. The van der Waals surface area contributed by atoms with Crippen molar-refractivity contribution in [3.63, 3.8) is 0 Å². The Morgan fingerprint density at radius 3 is 2.33 bits per heavy atom. The van der Waals surface area contributed by atoms with E-state index < -0.39 is 0 Å². The molecule has 5 heteroatoms. The smallest absolute Gasteiger partial charge is 0.126 e. The van der Waals surface area contributed by atoms with E-state index >= 15 is 0 Å². The topological polar surface area (TPSA) is 59.0 Å². The summed E-state index contributed by atoms with van der Waals surface area (Å²) in [4.78, 5) is 13.4. The normalized spacial score (nSPS) is 20.6. The number of carbonyl (C=O) groups is 1. The van der Waals surface area contributed by atoms with E-state index in [1.807, 2.05) is 18.2 Å². The van der Waals surface area contributed by atoms with Gasteiger partial charge in [0, 0.05) is 48.2 Å². The van der Waals surface area contributed by atoms with Crippen LogP contribution in [0.5, 0.6) is 17.2 Å². The Morgan fingerprint density at radius 1 is 0.970 bits per heavy atom. The lowest BCUT2D eigenvalue weighted by Gasteiger charge is -2.35. The number of benzene rings is 3. The van der Waals surface area contributed by atoms with Crippen LogP contribution in [0.1, 0.15) is 41.4 Å². The summed E-state index contributed by atoms with van der Waals surface area (Å²) < 4.78 is 11.4. The van der Waals surface area contributed by atoms with Gasteiger partial charge in [-0.3, -0.25) is 0 Å². The molecule has 5 rings (SSSR count). The number of hydrogen-bond donors (Lipinski definition) is 1. The van der Waals surface area contributed by atoms with Crippen LogP contribution in [0.25, 0.3) is 0 Å². The first-order chi connectivity index (χ1) is 16.2. The number of hydrogen-bond acceptors (Lipinski definition) is 5. The SMILES string of the molecule is COc1ccc([C@H]2COc3cc(O)ccc3[C@H]2c2ccc(N3CCC(C=O)CC3)cc2)cc1. The summed E-state index contributed by atoms with van der Waals surface area (Å²) in [6.45, 7) is 2.36. The highest BCUT2D eigenvalue weighted by Gasteiger charge is 2.34. The molecule has 33 heavy (non-hydrogen) atoms. The summed E-state index contributed by atoms with van der Waals surface area (Å²) in [5.74, 6) is 2.23. The number of rotatable bonds is 5. The third-order valence-electron chi connectivity index (χ3n) is 7.05. The van der Waals surface area contributed by atoms with Gasteiger partial charge in [0.15, 0.2) is 0 Å². The molecular weight excluding hydrogens is 414 g/mol. The number of piperidine rings is 1. The van der Waals surface area contributed by atoms with Gasteiger partial charge in [0.25, 0.3) is 0 Å². The lowest BCUT2D eigenvalue weighted by atomic mass is 9.76. The summed E-state index contributed by atoms with van der Waals surface area (Å²) in [5.41, 5.74) is 4.69. The van der Waals surface area contributed by atoms with Crippen molar-refractivity contribution in [2.45, 2.75) is 24.7 Å². The van der Waals surface area contributed by atoms with Crippen LogP contribution < -0.4 is 14.4 Å². The number of anilines is 1. The van der Waals surface area contributed by atoms with Crippen LogP contribution in [0.2, 0.25) is 0 Å². The maximum Gasteiger partial charge on any atom is 0.126 e. The molecule has 2 aliphatic heterocycles. The molecular formula is C28H29NO4. The molecule has 1 saturated heterocycles. The van der Waals surface area contributed by atoms with E-state index in [1.54, 1.807) is 19.2 Å². The molecule has 3 aromatic carbocycles. The van der Waals surface area contributed by atoms with E-state index in [-0.39, 0.29) is 23.5 Å². The highest BCUT2D eigenvalue weighted by Crippen LogP contribution is 2.47. The first-order valence-electron chi connectivity index (χ1n) is 11.6. The van der Waals surface area contributed by atoms with Crippen molar-refractivity contribution in [1.29, 1.82) is 0 Å². The molecule has 0 bridgehead atoms. The Morgan fingerprint density at radius 2 is 1.67 bits per heavy atom. The van der Waals surface area contributed by atoms with Crippen LogP contribution in [-0.4, -0.2) is 38.2 Å². The summed E-state index contributed by atoms with van der Waals surface area (Å²) in [5, 5.41) is 9.98. The molecule has 1 N–H and O–H groups in total. The minimum absolute atomic E-state index is 0.109. The van der Waals surface area contributed by atoms with Crippen LogP contribution in [-0.2, 0) is 4.79 Å². The van der Waals surface area contributed by atoms with Crippen molar-refractivity contribution in [3.8, 4) is 17.2 Å². The number of phenols is 1. The molecule has 2 heterocycles. The first-order valence-corrected chi connectivity index (χ1v) is 11.6. The second-order valence-electron chi connectivity index (χ2n) is 8.94. The second kappa shape index (κ2) is 9.18. The fourth-order valence-electron chi connectivity index (χ4n) is 5.14. The third kappa shape index (κ3) is 4.28. The van der Waals surface area contributed by atoms with Gasteiger partial charge < -0.3 is 24.3 Å². The second-order valence-corrected chi connectivity index (χ2v) is 8.94. The zero-order valence-corrected chi connectivity index (χ0v) is 18.8. The first kappa shape index (κ1) is 21.4. The molecule has 1 fully saturated rings. The molecule has 0 radical (unpaired) electrons. The van der Waals surface area contributed by atoms with Crippen LogP contribution in [0.3, 0.4) is 0 Å². The van der Waals surface area contributed by atoms with E-state index in [0.717, 1.165) is 49.3 Å². The van der Waals surface area contributed by atoms with E-state index in [9.17, 15) is 9.90 Å². The van der Waals surface area contributed by atoms with Crippen molar-refractivity contribution < 1.29 is 19.4 Å². The lowest BCUT2D eigenvalue weighted by molar-refractivity contribution is -0.111. The van der Waals surface area contributed by atoms with Crippen molar-refractivity contribution in [2.24, 2.45) is 5.92 Å². The lowest BCUT2D eigenvalue weighted by Crippen LogP contribution is -2.34. The van der Waals surface area contributed by atoms with Gasteiger partial charge in [-0.1, -0.05) is 30.3 Å². The Balaban J connectivity index is 1.47. The summed E-state index contributed by atoms with van der Waals surface area (Å²) >= 11 is 0. The van der Waals surface area contributed by atoms with Gasteiger partial charge >= 0.3 is 0 Å². The highest BCUT2D eigenvalue weighted by atomic mass is 16.5. The predicted octanol–water partition coefficient (Wildman–Crippen LogP) is 5.12. The molecule has 2 atom stereocenters. The van der Waals surface area contributed by atoms with Gasteiger partial charge in [0.05, 0.1) is 13.7 Å². The monoisotopic (exact) mass is 443 g/mol. The van der Waals surface area contributed by atoms with Crippen molar-refractivity contribution in [1.82, 2.24) is 0 Å². The summed E-state index contributed by atoms with van der Waals surface area (Å²) in [6.07, 6.45) is 2.93. The van der Waals surface area contributed by atoms with E-state index in [4.69, 9.17) is 9.47 Å². The quantitative estimate of drug-likeness (QED) is 0.555. The third-order valence-corrected chi connectivity index (χ3v) is 7.05. The zero-order chi connectivity index (χ0) is 22.8. The highest BCUT2D eigenvalue weighted by molar-refractivity contribution is 5.57. The number of nitrogens with zero attached hydrogens (tertiary/aromatic N) is 1. The summed E-state index contributed by atoms with van der Waals surface area (Å²) in [6, 6.07) is 22.4. The molecule has 5 nitrogen and oxygen atoms in total. The maximum absolute atomic E-state index is 11.1. The van der Waals surface area contributed by atoms with Crippen LogP contribution in [0, 0.1) is 5.92 Å². The average Bonchev–Trinajstić information content (AvgIpc) is 2.88. The number of carbonyl (C=O) groups excluding carboxylic acids is 1. The van der Waals surface area contributed by atoms with Crippen molar-refractivity contribution in [2.75, 3.05) is 31.7 Å². The minimum Gasteiger partial charge on any atom is -0.508 e. The Labute approximate surface area is 194 Å². The van der Waals surface area contributed by atoms with Gasteiger partial charge in [0.2, 0.25) is 0 Å². The number of aldehydes is 1. The largest absolute Gasteiger partial charge is 0.508 e. The van der Waals surface area contributed by atoms with E-state index in [0.29, 0.717) is 6.61 Å². The molecule has 0 unspecified atom stereocenters. The summed E-state index contributed by atoms with van der Waals surface area (Å²) in [7, 11) is 1.67. The van der Waals surface area contributed by atoms with Gasteiger partial charge in [-0.25, -0.2) is 0 Å². The van der Waals surface area contributed by atoms with Crippen molar-refractivity contribution in [3.05, 3.63) is 83.4 Å². The molecule has 0 spiro atoms. The molecule has 0 amide bonds. The van der Waals surface area contributed by atoms with Crippen LogP contribution in [0.15, 0.2) is 66.7 Å².